The normalized spacial score (nSPS) is 15.7. The molecule has 2 amide bonds. The summed E-state index contributed by atoms with van der Waals surface area (Å²) >= 11 is 6.18. The number of amides is 2. The fraction of sp³-hybridized carbons (Fsp3) is 0.143. The van der Waals surface area contributed by atoms with Crippen molar-refractivity contribution < 1.29 is 37.1 Å². The van der Waals surface area contributed by atoms with Crippen LogP contribution >= 0.6 is 23.4 Å². The topological polar surface area (TPSA) is 92.5 Å². The molecule has 1 saturated heterocycles. The maximum Gasteiger partial charge on any atom is 0.416 e. The number of hydrogen-bond acceptors (Lipinski definition) is 5. The smallest absolute Gasteiger partial charge is 0.416 e. The molecule has 1 N–H and O–H groups in total. The Balaban J connectivity index is 1.67. The van der Waals surface area contributed by atoms with Gasteiger partial charge in [-0.15, -0.1) is 0 Å². The van der Waals surface area contributed by atoms with Crippen molar-refractivity contribution in [3.8, 4) is 0 Å². The van der Waals surface area contributed by atoms with Crippen LogP contribution in [0.4, 0.5) is 22.4 Å². The number of rotatable bonds is 5. The van der Waals surface area contributed by atoms with Crippen molar-refractivity contribution in [1.29, 1.82) is 0 Å². The van der Waals surface area contributed by atoms with Gasteiger partial charge in [-0.1, -0.05) is 17.7 Å². The monoisotopic (exact) mass is 513 g/mol. The summed E-state index contributed by atoms with van der Waals surface area (Å²) in [6.07, 6.45) is -2.21. The Hall–Kier alpha value is -3.38. The average Bonchev–Trinajstić information content (AvgIpc) is 3.24. The van der Waals surface area contributed by atoms with Gasteiger partial charge in [-0.05, 0) is 41.6 Å². The number of alkyl halides is 3. The third-order valence-corrected chi connectivity index (χ3v) is 6.05. The van der Waals surface area contributed by atoms with E-state index in [0.717, 1.165) is 18.2 Å². The summed E-state index contributed by atoms with van der Waals surface area (Å²) < 4.78 is 56.2. The number of halogens is 5. The van der Waals surface area contributed by atoms with Crippen molar-refractivity contribution >= 4 is 57.5 Å². The van der Waals surface area contributed by atoms with E-state index in [1.54, 1.807) is 0 Å². The number of hydrogen-bond donors (Lipinski definition) is 1. The molecule has 0 spiro atoms. The van der Waals surface area contributed by atoms with Gasteiger partial charge in [0.2, 0.25) is 0 Å². The molecule has 1 aliphatic heterocycles. The Morgan fingerprint density at radius 3 is 2.62 bits per heavy atom. The second-order valence-electron chi connectivity index (χ2n) is 7.20. The zero-order valence-corrected chi connectivity index (χ0v) is 18.3. The van der Waals surface area contributed by atoms with Crippen molar-refractivity contribution in [3.63, 3.8) is 0 Å². The zero-order valence-electron chi connectivity index (χ0n) is 16.8. The lowest BCUT2D eigenvalue weighted by atomic mass is 10.1. The molecule has 1 aromatic heterocycles. The van der Waals surface area contributed by atoms with Gasteiger partial charge in [0.15, 0.2) is 0 Å². The summed E-state index contributed by atoms with van der Waals surface area (Å²) in [4.78, 5) is 35.4. The first kappa shape index (κ1) is 23.8. The van der Waals surface area contributed by atoms with Crippen LogP contribution in [0.25, 0.3) is 17.0 Å². The molecule has 2 heterocycles. The number of aliphatic carboxylic acids is 1. The van der Waals surface area contributed by atoms with Gasteiger partial charge in [-0.2, -0.15) is 18.3 Å². The summed E-state index contributed by atoms with van der Waals surface area (Å²) in [6, 6.07) is 5.72. The fourth-order valence-corrected chi connectivity index (χ4v) is 4.38. The van der Waals surface area contributed by atoms with Gasteiger partial charge in [0, 0.05) is 22.0 Å². The van der Waals surface area contributed by atoms with Crippen molar-refractivity contribution in [2.24, 2.45) is 0 Å². The van der Waals surface area contributed by atoms with Gasteiger partial charge in [0.25, 0.3) is 11.1 Å². The Kier molecular flexibility index (Phi) is 6.13. The van der Waals surface area contributed by atoms with Crippen LogP contribution in [0.3, 0.4) is 0 Å². The van der Waals surface area contributed by atoms with Gasteiger partial charge in [0.1, 0.15) is 12.4 Å². The maximum absolute atomic E-state index is 14.8. The van der Waals surface area contributed by atoms with Crippen LogP contribution in [0.5, 0.6) is 0 Å². The highest BCUT2D eigenvalue weighted by molar-refractivity contribution is 8.18. The Morgan fingerprint density at radius 2 is 1.94 bits per heavy atom. The van der Waals surface area contributed by atoms with E-state index in [2.05, 4.69) is 5.10 Å². The second kappa shape index (κ2) is 8.76. The zero-order chi connectivity index (χ0) is 24.8. The summed E-state index contributed by atoms with van der Waals surface area (Å²) in [7, 11) is 0. The van der Waals surface area contributed by atoms with E-state index >= 15 is 0 Å². The van der Waals surface area contributed by atoms with Crippen LogP contribution in [0.2, 0.25) is 5.02 Å². The molecule has 3 aromatic rings. The van der Waals surface area contributed by atoms with E-state index in [4.69, 9.17) is 16.7 Å². The van der Waals surface area contributed by atoms with Gasteiger partial charge >= 0.3 is 12.1 Å². The fourth-order valence-electron chi connectivity index (χ4n) is 3.38. The highest BCUT2D eigenvalue weighted by Gasteiger charge is 2.36. The van der Waals surface area contributed by atoms with E-state index in [0.29, 0.717) is 22.0 Å². The van der Waals surface area contributed by atoms with Crippen LogP contribution in [0.15, 0.2) is 41.4 Å². The number of carbonyl (C=O) groups excluding carboxylic acids is 2. The largest absolute Gasteiger partial charge is 0.480 e. The SMILES string of the molecule is O=C(O)CN1C(=O)SC(=Cc2cc3cnn(Cc4ccc(Cl)cc4C(F)(F)F)c3cc2F)C1=O. The van der Waals surface area contributed by atoms with Crippen molar-refractivity contribution in [2.45, 2.75) is 12.7 Å². The second-order valence-corrected chi connectivity index (χ2v) is 8.63. The average molecular weight is 514 g/mol. The molecule has 0 radical (unpaired) electrons. The van der Waals surface area contributed by atoms with E-state index < -0.39 is 41.2 Å². The third-order valence-electron chi connectivity index (χ3n) is 4.91. The summed E-state index contributed by atoms with van der Waals surface area (Å²) in [5.41, 5.74) is -0.914. The predicted octanol–water partition coefficient (Wildman–Crippen LogP) is 5.02. The van der Waals surface area contributed by atoms with Crippen molar-refractivity contribution in [3.05, 3.63) is 69.0 Å². The first-order valence-electron chi connectivity index (χ1n) is 9.42. The highest BCUT2D eigenvalue weighted by atomic mass is 35.5. The number of carboxylic acid groups (broad SMARTS) is 1. The number of benzene rings is 2. The van der Waals surface area contributed by atoms with Crippen molar-refractivity contribution in [1.82, 2.24) is 14.7 Å². The van der Waals surface area contributed by atoms with Crippen LogP contribution in [0, 0.1) is 5.82 Å². The first-order chi connectivity index (χ1) is 15.9. The molecule has 0 saturated carbocycles. The van der Waals surface area contributed by atoms with Gasteiger partial charge < -0.3 is 5.11 Å². The van der Waals surface area contributed by atoms with E-state index in [1.165, 1.54) is 29.1 Å². The maximum atomic E-state index is 14.8. The first-order valence-corrected chi connectivity index (χ1v) is 10.6. The molecule has 0 bridgehead atoms. The number of thioether (sulfide) groups is 1. The summed E-state index contributed by atoms with van der Waals surface area (Å²) in [5.74, 6) is -3.06. The van der Waals surface area contributed by atoms with E-state index in [-0.39, 0.29) is 33.1 Å². The number of imide groups is 1. The Morgan fingerprint density at radius 1 is 1.21 bits per heavy atom. The van der Waals surface area contributed by atoms with Crippen LogP contribution in [-0.4, -0.2) is 43.4 Å². The molecule has 2 aromatic carbocycles. The molecule has 0 aliphatic carbocycles. The van der Waals surface area contributed by atoms with Gasteiger partial charge in [-0.25, -0.2) is 4.39 Å². The number of carboxylic acids is 1. The predicted molar refractivity (Wildman–Crippen MR) is 116 cm³/mol. The van der Waals surface area contributed by atoms with E-state index in [9.17, 15) is 31.9 Å². The molecule has 7 nitrogen and oxygen atoms in total. The summed E-state index contributed by atoms with van der Waals surface area (Å²) in [5, 5.41) is 12.4. The standard InChI is InChI=1S/C21H12ClF4N3O4S/c22-13-2-1-10(14(5-13)21(24,25)26)8-29-16-6-15(23)11(3-12(16)7-27-29)4-17-19(32)28(9-18(30)31)20(33)34-17/h1-7H,8-9H2,(H,30,31). The number of fused-ring (bicyclic) bond motifs is 1. The molecule has 34 heavy (non-hydrogen) atoms. The van der Waals surface area contributed by atoms with E-state index in [1.807, 2.05) is 0 Å². The Bertz CT molecular complexity index is 1390. The minimum Gasteiger partial charge on any atom is -0.480 e. The number of carbonyl (C=O) groups is 3. The molecule has 4 rings (SSSR count). The molecule has 0 atom stereocenters. The highest BCUT2D eigenvalue weighted by Crippen LogP contribution is 2.35. The summed E-state index contributed by atoms with van der Waals surface area (Å²) in [6.45, 7) is -1.12. The van der Waals surface area contributed by atoms with Gasteiger partial charge in [0.05, 0.1) is 28.7 Å². The molecule has 1 aliphatic rings. The van der Waals surface area contributed by atoms with Crippen LogP contribution < -0.4 is 0 Å². The van der Waals surface area contributed by atoms with Crippen LogP contribution in [-0.2, 0) is 22.3 Å². The third kappa shape index (κ3) is 4.64. The minimum atomic E-state index is -4.65. The van der Waals surface area contributed by atoms with Gasteiger partial charge in [-0.3, -0.25) is 24.0 Å². The molecule has 1 fully saturated rings. The molecule has 13 heteroatoms. The lowest BCUT2D eigenvalue weighted by Crippen LogP contribution is -2.33. The van der Waals surface area contributed by atoms with Crippen molar-refractivity contribution in [2.75, 3.05) is 6.54 Å². The lowest BCUT2D eigenvalue weighted by Gasteiger charge is -2.14. The quantitative estimate of drug-likeness (QED) is 0.380. The molecular formula is C21H12ClF4N3O4S. The molecule has 0 unspecified atom stereocenters. The molecule has 176 valence electrons. The number of aromatic nitrogens is 2. The minimum absolute atomic E-state index is 0.0738. The number of nitrogens with zero attached hydrogens (tertiary/aromatic N) is 3. The Labute approximate surface area is 197 Å². The molecular weight excluding hydrogens is 502 g/mol. The lowest BCUT2D eigenvalue weighted by molar-refractivity contribution is -0.140. The van der Waals surface area contributed by atoms with Crippen LogP contribution in [0.1, 0.15) is 16.7 Å².